The molecule has 2 N–H and O–H groups in total. The zero-order valence-electron chi connectivity index (χ0n) is 16.3. The number of amides is 1. The number of carbonyl (C=O) groups excluding carboxylic acids is 1. The number of ether oxygens (including phenoxy) is 2. The molecule has 1 amide bonds. The minimum absolute atomic E-state index is 0.00148. The fourth-order valence-electron chi connectivity index (χ4n) is 2.31. The number of nitrogens with one attached hydrogen (secondary N) is 1. The van der Waals surface area contributed by atoms with Crippen LogP contribution in [0.3, 0.4) is 0 Å². The van der Waals surface area contributed by atoms with Crippen molar-refractivity contribution in [1.82, 2.24) is 9.73 Å². The standard InChI is InChI=1S/C19H23N3O6S/c1-4-28-18-11-14(5-10-17(18)23)12-20-21-19(24)13-22(2)29(25,26)16-8-6-15(27-3)7-9-16/h5-12,23H,4,13H2,1-3H3,(H,21,24)/b20-12-. The minimum Gasteiger partial charge on any atom is -0.504 e. The Morgan fingerprint density at radius 3 is 2.55 bits per heavy atom. The summed E-state index contributed by atoms with van der Waals surface area (Å²) in [7, 11) is -1.05. The van der Waals surface area contributed by atoms with E-state index >= 15 is 0 Å². The van der Waals surface area contributed by atoms with E-state index < -0.39 is 22.5 Å². The minimum atomic E-state index is -3.83. The summed E-state index contributed by atoms with van der Waals surface area (Å²) in [5.41, 5.74) is 2.86. The van der Waals surface area contributed by atoms with Crippen LogP contribution < -0.4 is 14.9 Å². The van der Waals surface area contributed by atoms with Crippen LogP contribution in [0.4, 0.5) is 0 Å². The van der Waals surface area contributed by atoms with Crippen molar-refractivity contribution < 1.29 is 27.8 Å². The van der Waals surface area contributed by atoms with Crippen LogP contribution in [0, 0.1) is 0 Å². The van der Waals surface area contributed by atoms with Crippen LogP contribution in [0.5, 0.6) is 17.2 Å². The summed E-state index contributed by atoms with van der Waals surface area (Å²) < 4.78 is 36.2. The number of methoxy groups -OCH3 is 1. The maximum absolute atomic E-state index is 12.5. The first-order chi connectivity index (χ1) is 13.8. The highest BCUT2D eigenvalue weighted by Crippen LogP contribution is 2.26. The number of benzene rings is 2. The Balaban J connectivity index is 1.97. The molecule has 0 aliphatic rings. The van der Waals surface area contributed by atoms with Crippen LogP contribution in [0.2, 0.25) is 0 Å². The van der Waals surface area contributed by atoms with Crippen molar-refractivity contribution >= 4 is 22.1 Å². The van der Waals surface area contributed by atoms with Gasteiger partial charge in [0.15, 0.2) is 11.5 Å². The van der Waals surface area contributed by atoms with Gasteiger partial charge in [0.05, 0.1) is 31.4 Å². The molecule has 0 fully saturated rings. The number of hydrazone groups is 1. The first-order valence-electron chi connectivity index (χ1n) is 8.66. The average molecular weight is 421 g/mol. The smallest absolute Gasteiger partial charge is 0.255 e. The molecule has 2 rings (SSSR count). The third-order valence-electron chi connectivity index (χ3n) is 3.82. The number of sulfonamides is 1. The molecule has 0 saturated heterocycles. The Morgan fingerprint density at radius 2 is 1.93 bits per heavy atom. The lowest BCUT2D eigenvalue weighted by molar-refractivity contribution is -0.121. The van der Waals surface area contributed by atoms with Gasteiger partial charge in [-0.2, -0.15) is 9.41 Å². The van der Waals surface area contributed by atoms with E-state index in [1.54, 1.807) is 19.1 Å². The average Bonchev–Trinajstić information content (AvgIpc) is 2.70. The normalized spacial score (nSPS) is 11.6. The van der Waals surface area contributed by atoms with Gasteiger partial charge in [-0.05, 0) is 55.0 Å². The number of nitrogens with zero attached hydrogens (tertiary/aromatic N) is 2. The van der Waals surface area contributed by atoms with E-state index in [0.29, 0.717) is 23.7 Å². The van der Waals surface area contributed by atoms with Gasteiger partial charge in [0, 0.05) is 7.05 Å². The second-order valence-electron chi connectivity index (χ2n) is 5.89. The zero-order chi connectivity index (χ0) is 21.4. The quantitative estimate of drug-likeness (QED) is 0.469. The number of rotatable bonds is 9. The molecule has 0 spiro atoms. The monoisotopic (exact) mass is 421 g/mol. The first kappa shape index (κ1) is 22.2. The highest BCUT2D eigenvalue weighted by atomic mass is 32.2. The van der Waals surface area contributed by atoms with Gasteiger partial charge < -0.3 is 14.6 Å². The molecule has 0 unspecified atom stereocenters. The van der Waals surface area contributed by atoms with Crippen LogP contribution in [0.1, 0.15) is 12.5 Å². The van der Waals surface area contributed by atoms with Crippen LogP contribution in [0.25, 0.3) is 0 Å². The summed E-state index contributed by atoms with van der Waals surface area (Å²) in [5.74, 6) is 0.219. The van der Waals surface area contributed by atoms with E-state index in [2.05, 4.69) is 10.5 Å². The number of hydrogen-bond donors (Lipinski definition) is 2. The van der Waals surface area contributed by atoms with Gasteiger partial charge >= 0.3 is 0 Å². The molecule has 0 aromatic heterocycles. The summed E-state index contributed by atoms with van der Waals surface area (Å²) in [6.07, 6.45) is 1.36. The molecular formula is C19H23N3O6S. The molecule has 2 aromatic carbocycles. The largest absolute Gasteiger partial charge is 0.504 e. The lowest BCUT2D eigenvalue weighted by Gasteiger charge is -2.16. The maximum Gasteiger partial charge on any atom is 0.255 e. The van der Waals surface area contributed by atoms with Crippen molar-refractivity contribution in [3.63, 3.8) is 0 Å². The molecule has 156 valence electrons. The number of aromatic hydroxyl groups is 1. The lowest BCUT2D eigenvalue weighted by Crippen LogP contribution is -2.36. The third kappa shape index (κ3) is 5.93. The molecule has 0 saturated carbocycles. The summed E-state index contributed by atoms with van der Waals surface area (Å²) in [4.78, 5) is 12.1. The van der Waals surface area contributed by atoms with Crippen LogP contribution in [-0.4, -0.2) is 57.3 Å². The van der Waals surface area contributed by atoms with Crippen molar-refractivity contribution in [3.05, 3.63) is 48.0 Å². The van der Waals surface area contributed by atoms with E-state index in [-0.39, 0.29) is 10.6 Å². The number of likely N-dealkylation sites (N-methyl/N-ethyl adjacent to an activating group) is 1. The molecule has 0 aliphatic heterocycles. The molecule has 0 atom stereocenters. The maximum atomic E-state index is 12.5. The Morgan fingerprint density at radius 1 is 1.24 bits per heavy atom. The van der Waals surface area contributed by atoms with Crippen molar-refractivity contribution in [2.75, 3.05) is 27.3 Å². The first-order valence-corrected chi connectivity index (χ1v) is 10.1. The summed E-state index contributed by atoms with van der Waals surface area (Å²) in [5, 5.41) is 13.5. The van der Waals surface area contributed by atoms with Gasteiger partial charge in [-0.25, -0.2) is 13.8 Å². The molecule has 10 heteroatoms. The third-order valence-corrected chi connectivity index (χ3v) is 5.64. The topological polar surface area (TPSA) is 118 Å². The van der Waals surface area contributed by atoms with Crippen LogP contribution >= 0.6 is 0 Å². The summed E-state index contributed by atoms with van der Waals surface area (Å²) in [6.45, 7) is 1.77. The zero-order valence-corrected chi connectivity index (χ0v) is 17.1. The fourth-order valence-corrected chi connectivity index (χ4v) is 3.44. The van der Waals surface area contributed by atoms with Gasteiger partial charge in [-0.1, -0.05) is 0 Å². The SMILES string of the molecule is CCOc1cc(/C=N\NC(=O)CN(C)S(=O)(=O)c2ccc(OC)cc2)ccc1O. The Bertz CT molecular complexity index is 974. The second kappa shape index (κ2) is 9.89. The molecule has 0 radical (unpaired) electrons. The predicted octanol–water partition coefficient (Wildman–Crippen LogP) is 1.57. The molecule has 0 bridgehead atoms. The molecule has 9 nitrogen and oxygen atoms in total. The molecule has 2 aromatic rings. The van der Waals surface area contributed by atoms with E-state index in [9.17, 15) is 18.3 Å². The number of carbonyl (C=O) groups is 1. The van der Waals surface area contributed by atoms with E-state index in [4.69, 9.17) is 9.47 Å². The van der Waals surface area contributed by atoms with Crippen molar-refractivity contribution in [2.24, 2.45) is 5.10 Å². The van der Waals surface area contributed by atoms with Crippen LogP contribution in [0.15, 0.2) is 52.5 Å². The molecular weight excluding hydrogens is 398 g/mol. The summed E-state index contributed by atoms with van der Waals surface area (Å²) in [6, 6.07) is 10.5. The highest BCUT2D eigenvalue weighted by Gasteiger charge is 2.22. The van der Waals surface area contributed by atoms with Crippen molar-refractivity contribution in [1.29, 1.82) is 0 Å². The van der Waals surface area contributed by atoms with Crippen molar-refractivity contribution in [3.8, 4) is 17.2 Å². The summed E-state index contributed by atoms with van der Waals surface area (Å²) >= 11 is 0. The Labute approximate surface area is 169 Å². The lowest BCUT2D eigenvalue weighted by atomic mass is 10.2. The van der Waals surface area contributed by atoms with Gasteiger partial charge in [0.2, 0.25) is 10.0 Å². The fraction of sp³-hybridized carbons (Fsp3) is 0.263. The van der Waals surface area contributed by atoms with E-state index in [0.717, 1.165) is 4.31 Å². The van der Waals surface area contributed by atoms with E-state index in [1.807, 2.05) is 0 Å². The van der Waals surface area contributed by atoms with Gasteiger partial charge in [0.1, 0.15) is 5.75 Å². The van der Waals surface area contributed by atoms with Gasteiger partial charge in [0.25, 0.3) is 5.91 Å². The Hall–Kier alpha value is -3.11. The van der Waals surface area contributed by atoms with Crippen molar-refractivity contribution in [2.45, 2.75) is 11.8 Å². The molecule has 0 aliphatic carbocycles. The number of phenolic OH excluding ortho intramolecular Hbond substituents is 1. The van der Waals surface area contributed by atoms with Gasteiger partial charge in [-0.3, -0.25) is 4.79 Å². The van der Waals surface area contributed by atoms with Crippen LogP contribution in [-0.2, 0) is 14.8 Å². The highest BCUT2D eigenvalue weighted by molar-refractivity contribution is 7.89. The van der Waals surface area contributed by atoms with Gasteiger partial charge in [-0.15, -0.1) is 0 Å². The number of hydrogen-bond acceptors (Lipinski definition) is 7. The molecule has 29 heavy (non-hydrogen) atoms. The second-order valence-corrected chi connectivity index (χ2v) is 7.93. The predicted molar refractivity (Wildman–Crippen MR) is 108 cm³/mol. The molecule has 0 heterocycles. The van der Waals surface area contributed by atoms with E-state index in [1.165, 1.54) is 50.7 Å². The number of phenols is 1. The Kier molecular flexibility index (Phi) is 7.57.